The lowest BCUT2D eigenvalue weighted by Crippen LogP contribution is -2.15. The van der Waals surface area contributed by atoms with Crippen molar-refractivity contribution < 1.29 is 12.5 Å². The lowest BCUT2D eigenvalue weighted by atomic mass is 10.5. The van der Waals surface area contributed by atoms with Crippen molar-refractivity contribution in [1.29, 1.82) is 0 Å². The summed E-state index contributed by atoms with van der Waals surface area (Å²) in [4.78, 5) is 0. The van der Waals surface area contributed by atoms with Gasteiger partial charge in [0.25, 0.3) is 0 Å². The van der Waals surface area contributed by atoms with E-state index in [1.54, 1.807) is 6.08 Å². The van der Waals surface area contributed by atoms with Gasteiger partial charge in [0, 0.05) is 0 Å². The van der Waals surface area contributed by atoms with Gasteiger partial charge >= 0.3 is 11.7 Å². The van der Waals surface area contributed by atoms with Crippen LogP contribution in [0.4, 0.5) is 0 Å². The standard InChI is InChI=1S/C8H17O3S/c1-4-7-8-11-12(9-5-2)10-6-3/h4H,1,5-8H2,2-3H3/q+1. The van der Waals surface area contributed by atoms with Gasteiger partial charge in [-0.15, -0.1) is 19.1 Å². The molecule has 0 rings (SSSR count). The fraction of sp³-hybridized carbons (Fsp3) is 0.750. The molecule has 0 fully saturated rings. The Hall–Kier alpha value is -0.0300. The average Bonchev–Trinajstić information content (AvgIpc) is 2.06. The fourth-order valence-corrected chi connectivity index (χ4v) is 1.32. The Balaban J connectivity index is 3.40. The molecular formula is C8H17O3S+. The van der Waals surface area contributed by atoms with Crippen LogP contribution in [0, 0.1) is 0 Å². The van der Waals surface area contributed by atoms with Crippen LogP contribution < -0.4 is 0 Å². The lowest BCUT2D eigenvalue weighted by molar-refractivity contribution is 0.193. The van der Waals surface area contributed by atoms with E-state index in [4.69, 9.17) is 12.5 Å². The molecule has 3 nitrogen and oxygen atoms in total. The van der Waals surface area contributed by atoms with Crippen LogP contribution >= 0.6 is 0 Å². The third-order valence-corrected chi connectivity index (χ3v) is 2.15. The Kier molecular flexibility index (Phi) is 9.04. The van der Waals surface area contributed by atoms with Crippen LogP contribution in [-0.4, -0.2) is 19.8 Å². The van der Waals surface area contributed by atoms with Crippen molar-refractivity contribution in [3.63, 3.8) is 0 Å². The zero-order chi connectivity index (χ0) is 9.23. The predicted molar refractivity (Wildman–Crippen MR) is 51.4 cm³/mol. The molecule has 0 spiro atoms. The molecule has 0 amide bonds. The van der Waals surface area contributed by atoms with E-state index in [0.717, 1.165) is 6.42 Å². The molecular weight excluding hydrogens is 176 g/mol. The van der Waals surface area contributed by atoms with Gasteiger partial charge in [-0.2, -0.15) is 0 Å². The van der Waals surface area contributed by atoms with Crippen LogP contribution in [0.3, 0.4) is 0 Å². The first-order valence-electron chi connectivity index (χ1n) is 4.10. The van der Waals surface area contributed by atoms with Gasteiger partial charge in [-0.25, -0.2) is 0 Å². The Morgan fingerprint density at radius 1 is 1.17 bits per heavy atom. The number of hydrogen-bond acceptors (Lipinski definition) is 3. The molecule has 0 aliphatic carbocycles. The molecule has 0 aliphatic heterocycles. The molecule has 4 heteroatoms. The number of hydrogen-bond donors (Lipinski definition) is 0. The third kappa shape index (κ3) is 6.67. The minimum atomic E-state index is -0.774. The first-order chi connectivity index (χ1) is 5.85. The van der Waals surface area contributed by atoms with Crippen LogP contribution in [0.15, 0.2) is 12.7 Å². The molecule has 0 aromatic rings. The van der Waals surface area contributed by atoms with Crippen LogP contribution in [-0.2, 0) is 24.3 Å². The molecule has 0 atom stereocenters. The summed E-state index contributed by atoms with van der Waals surface area (Å²) in [6.07, 6.45) is 2.63. The topological polar surface area (TPSA) is 27.7 Å². The minimum Gasteiger partial charge on any atom is -0.109 e. The van der Waals surface area contributed by atoms with E-state index >= 15 is 0 Å². The van der Waals surface area contributed by atoms with Gasteiger partial charge in [0.15, 0.2) is 0 Å². The smallest absolute Gasteiger partial charge is 0.109 e. The molecule has 0 saturated carbocycles. The highest BCUT2D eigenvalue weighted by Crippen LogP contribution is 2.04. The Morgan fingerprint density at radius 2 is 1.75 bits per heavy atom. The highest BCUT2D eigenvalue weighted by molar-refractivity contribution is 7.82. The first kappa shape index (κ1) is 12.0. The minimum absolute atomic E-state index is 0.604. The molecule has 0 aromatic heterocycles. The van der Waals surface area contributed by atoms with E-state index in [9.17, 15) is 0 Å². The van der Waals surface area contributed by atoms with Crippen molar-refractivity contribution in [2.24, 2.45) is 0 Å². The van der Waals surface area contributed by atoms with Crippen molar-refractivity contribution in [3.05, 3.63) is 12.7 Å². The predicted octanol–water partition coefficient (Wildman–Crippen LogP) is 2.02. The Morgan fingerprint density at radius 3 is 2.17 bits per heavy atom. The SMILES string of the molecule is C=CCCO[S+](OCC)OCC. The van der Waals surface area contributed by atoms with Crippen LogP contribution in [0.2, 0.25) is 0 Å². The molecule has 0 bridgehead atoms. The summed E-state index contributed by atoms with van der Waals surface area (Å²) in [7, 11) is 0. The maximum Gasteiger partial charge on any atom is 0.507 e. The van der Waals surface area contributed by atoms with E-state index < -0.39 is 11.7 Å². The van der Waals surface area contributed by atoms with Gasteiger partial charge in [0.05, 0.1) is 0 Å². The zero-order valence-electron chi connectivity index (χ0n) is 7.75. The van der Waals surface area contributed by atoms with E-state index in [2.05, 4.69) is 6.58 Å². The first-order valence-corrected chi connectivity index (χ1v) is 5.10. The summed E-state index contributed by atoms with van der Waals surface area (Å²) < 4.78 is 15.6. The van der Waals surface area contributed by atoms with Crippen molar-refractivity contribution in [1.82, 2.24) is 0 Å². The van der Waals surface area contributed by atoms with Crippen LogP contribution in [0.25, 0.3) is 0 Å². The van der Waals surface area contributed by atoms with E-state index in [1.807, 2.05) is 13.8 Å². The van der Waals surface area contributed by atoms with Crippen molar-refractivity contribution >= 4 is 11.7 Å². The second kappa shape index (κ2) is 9.06. The maximum atomic E-state index is 5.28. The Bertz CT molecular complexity index is 102. The van der Waals surface area contributed by atoms with Crippen molar-refractivity contribution in [3.8, 4) is 0 Å². The Labute approximate surface area is 77.7 Å². The molecule has 0 N–H and O–H groups in total. The van der Waals surface area contributed by atoms with Gasteiger partial charge in [0.1, 0.15) is 19.8 Å². The van der Waals surface area contributed by atoms with Gasteiger partial charge in [0.2, 0.25) is 0 Å². The van der Waals surface area contributed by atoms with Gasteiger partial charge < -0.3 is 0 Å². The molecule has 0 heterocycles. The molecule has 72 valence electrons. The largest absolute Gasteiger partial charge is 0.507 e. The fourth-order valence-electron chi connectivity index (χ4n) is 0.494. The summed E-state index contributed by atoms with van der Waals surface area (Å²) in [5.41, 5.74) is 0. The van der Waals surface area contributed by atoms with Gasteiger partial charge in [-0.1, -0.05) is 6.08 Å². The van der Waals surface area contributed by atoms with E-state index in [-0.39, 0.29) is 0 Å². The summed E-state index contributed by atoms with van der Waals surface area (Å²) >= 11 is -0.774. The van der Waals surface area contributed by atoms with E-state index in [0.29, 0.717) is 19.8 Å². The average molecular weight is 193 g/mol. The quantitative estimate of drug-likeness (QED) is 0.335. The normalized spacial score (nSPS) is 10.6. The summed E-state index contributed by atoms with van der Waals surface area (Å²) in [6, 6.07) is 0. The highest BCUT2D eigenvalue weighted by Gasteiger charge is 2.24. The monoisotopic (exact) mass is 193 g/mol. The molecule has 0 aliphatic rings. The molecule has 0 aromatic carbocycles. The lowest BCUT2D eigenvalue weighted by Gasteiger charge is -1.98. The van der Waals surface area contributed by atoms with Crippen LogP contribution in [0.1, 0.15) is 20.3 Å². The second-order valence-corrected chi connectivity index (χ2v) is 3.03. The maximum absolute atomic E-state index is 5.28. The molecule has 0 saturated heterocycles. The van der Waals surface area contributed by atoms with Gasteiger partial charge in [-0.05, 0) is 20.3 Å². The third-order valence-electron chi connectivity index (χ3n) is 0.930. The van der Waals surface area contributed by atoms with Crippen molar-refractivity contribution in [2.45, 2.75) is 20.3 Å². The summed E-state index contributed by atoms with van der Waals surface area (Å²) in [6.45, 7) is 9.24. The summed E-state index contributed by atoms with van der Waals surface area (Å²) in [5, 5.41) is 0. The summed E-state index contributed by atoms with van der Waals surface area (Å²) in [5.74, 6) is 0. The highest BCUT2D eigenvalue weighted by atomic mass is 32.3. The zero-order valence-corrected chi connectivity index (χ0v) is 8.56. The van der Waals surface area contributed by atoms with Gasteiger partial charge in [-0.3, -0.25) is 0 Å². The van der Waals surface area contributed by atoms with Crippen molar-refractivity contribution in [2.75, 3.05) is 19.8 Å². The second-order valence-electron chi connectivity index (χ2n) is 1.92. The van der Waals surface area contributed by atoms with Crippen LogP contribution in [0.5, 0.6) is 0 Å². The molecule has 0 radical (unpaired) electrons. The van der Waals surface area contributed by atoms with E-state index in [1.165, 1.54) is 0 Å². The molecule has 0 unspecified atom stereocenters. The molecule has 12 heavy (non-hydrogen) atoms. The number of rotatable bonds is 8.